The maximum atomic E-state index is 14.6. The van der Waals surface area contributed by atoms with Crippen LogP contribution in [0.3, 0.4) is 0 Å². The van der Waals surface area contributed by atoms with Crippen LogP contribution in [0.5, 0.6) is 0 Å². The summed E-state index contributed by atoms with van der Waals surface area (Å²) in [5.74, 6) is 0.00345. The van der Waals surface area contributed by atoms with Crippen LogP contribution in [-0.4, -0.2) is 34.8 Å². The van der Waals surface area contributed by atoms with E-state index in [2.05, 4.69) is 25.3 Å². The number of nitrogens with one attached hydrogen (secondary N) is 1. The minimum atomic E-state index is -0.469. The van der Waals surface area contributed by atoms with Crippen molar-refractivity contribution in [2.24, 2.45) is 7.05 Å². The predicted octanol–water partition coefficient (Wildman–Crippen LogP) is 3.79. The summed E-state index contributed by atoms with van der Waals surface area (Å²) in [7, 11) is 1.89. The van der Waals surface area contributed by atoms with Crippen LogP contribution >= 0.6 is 0 Å². The van der Waals surface area contributed by atoms with E-state index < -0.39 is 11.7 Å². The van der Waals surface area contributed by atoms with Crippen LogP contribution < -0.4 is 5.32 Å². The summed E-state index contributed by atoms with van der Waals surface area (Å²) >= 11 is 0. The number of aromatic nitrogens is 6. The van der Waals surface area contributed by atoms with E-state index in [1.165, 1.54) is 18.2 Å². The van der Waals surface area contributed by atoms with E-state index in [-0.39, 0.29) is 11.3 Å². The Kier molecular flexibility index (Phi) is 4.54. The van der Waals surface area contributed by atoms with E-state index >= 15 is 0 Å². The van der Waals surface area contributed by atoms with E-state index in [0.29, 0.717) is 28.7 Å². The third kappa shape index (κ3) is 3.51. The van der Waals surface area contributed by atoms with Crippen molar-refractivity contribution in [2.45, 2.75) is 13.8 Å². The number of rotatable bonds is 4. The molecule has 0 aliphatic rings. The zero-order valence-corrected chi connectivity index (χ0v) is 17.5. The van der Waals surface area contributed by atoms with Gasteiger partial charge in [0.05, 0.1) is 23.4 Å². The molecule has 0 spiro atoms. The van der Waals surface area contributed by atoms with Crippen LogP contribution in [0.4, 0.5) is 10.1 Å². The molecule has 1 N–H and O–H groups in total. The number of hydrogen-bond acceptors (Lipinski definition) is 6. The second kappa shape index (κ2) is 7.41. The van der Waals surface area contributed by atoms with Gasteiger partial charge in [0.25, 0.3) is 5.91 Å². The van der Waals surface area contributed by atoms with Crippen LogP contribution in [0.25, 0.3) is 28.3 Å². The fourth-order valence-corrected chi connectivity index (χ4v) is 3.44. The summed E-state index contributed by atoms with van der Waals surface area (Å²) in [6, 6.07) is 4.27. The van der Waals surface area contributed by atoms with Gasteiger partial charge in [-0.3, -0.25) is 9.20 Å². The van der Waals surface area contributed by atoms with Crippen LogP contribution in [0.15, 0.2) is 53.7 Å². The molecule has 0 atom stereocenters. The van der Waals surface area contributed by atoms with Crippen molar-refractivity contribution >= 4 is 17.4 Å². The summed E-state index contributed by atoms with van der Waals surface area (Å²) in [5, 5.41) is 2.72. The Labute approximate surface area is 181 Å². The van der Waals surface area contributed by atoms with Gasteiger partial charge in [0.1, 0.15) is 5.82 Å². The Hall–Kier alpha value is -4.34. The Morgan fingerprint density at radius 1 is 1.09 bits per heavy atom. The molecule has 4 aromatic heterocycles. The molecule has 5 rings (SSSR count). The number of anilines is 1. The molecule has 0 fully saturated rings. The van der Waals surface area contributed by atoms with Gasteiger partial charge in [0.2, 0.25) is 11.5 Å². The normalized spacial score (nSPS) is 11.2. The molecule has 0 radical (unpaired) electrons. The Morgan fingerprint density at radius 2 is 1.94 bits per heavy atom. The van der Waals surface area contributed by atoms with Crippen molar-refractivity contribution in [1.29, 1.82) is 0 Å². The Bertz CT molecular complexity index is 1480. The number of carbonyl (C=O) groups excluding carboxylic acids is 1. The van der Waals surface area contributed by atoms with E-state index in [1.807, 2.05) is 24.0 Å². The lowest BCUT2D eigenvalue weighted by molar-refractivity contribution is 0.0994. The van der Waals surface area contributed by atoms with Crippen LogP contribution in [0, 0.1) is 19.7 Å². The van der Waals surface area contributed by atoms with Crippen molar-refractivity contribution < 1.29 is 13.6 Å². The minimum Gasteiger partial charge on any atom is -0.436 e. The average Bonchev–Trinajstić information content (AvgIpc) is 3.46. The molecule has 0 saturated carbocycles. The molecule has 4 heterocycles. The highest BCUT2D eigenvalue weighted by molar-refractivity contribution is 6.03. The lowest BCUT2D eigenvalue weighted by Gasteiger charge is -2.06. The molecule has 1 amide bonds. The summed E-state index contributed by atoms with van der Waals surface area (Å²) in [5.41, 5.74) is 3.08. The molecule has 0 bridgehead atoms. The summed E-state index contributed by atoms with van der Waals surface area (Å²) in [4.78, 5) is 29.7. The predicted molar refractivity (Wildman–Crippen MR) is 115 cm³/mol. The zero-order chi connectivity index (χ0) is 22.4. The number of oxazole rings is 1. The maximum absolute atomic E-state index is 14.6. The first-order valence-corrected chi connectivity index (χ1v) is 9.76. The second-order valence-corrected chi connectivity index (χ2v) is 7.40. The van der Waals surface area contributed by atoms with Gasteiger partial charge in [0, 0.05) is 55.6 Å². The molecule has 10 heteroatoms. The molecule has 1 aromatic carbocycles. The summed E-state index contributed by atoms with van der Waals surface area (Å²) in [6.45, 7) is 3.35. The highest BCUT2D eigenvalue weighted by Gasteiger charge is 2.18. The number of carbonyl (C=O) groups is 1. The van der Waals surface area contributed by atoms with Gasteiger partial charge in [-0.2, -0.15) is 0 Å². The van der Waals surface area contributed by atoms with Crippen molar-refractivity contribution in [1.82, 2.24) is 28.9 Å². The molecule has 0 unspecified atom stereocenters. The first-order valence-electron chi connectivity index (χ1n) is 9.76. The molecule has 0 saturated heterocycles. The van der Waals surface area contributed by atoms with Gasteiger partial charge >= 0.3 is 0 Å². The molecule has 160 valence electrons. The minimum absolute atomic E-state index is 0.118. The number of nitrogens with zero attached hydrogens (tertiary/aromatic N) is 6. The fraction of sp³-hybridized carbons (Fsp3) is 0.136. The Balaban J connectivity index is 1.47. The van der Waals surface area contributed by atoms with Gasteiger partial charge < -0.3 is 14.3 Å². The number of amides is 1. The quantitative estimate of drug-likeness (QED) is 0.464. The molecule has 5 aromatic rings. The molecular weight excluding hydrogens is 413 g/mol. The van der Waals surface area contributed by atoms with Crippen molar-refractivity contribution in [3.8, 4) is 22.5 Å². The van der Waals surface area contributed by atoms with E-state index in [4.69, 9.17) is 4.42 Å². The number of imidazole rings is 2. The SMILES string of the molecule is Cc1nc(C)c(C(=O)Nc2ccc(F)c(-c3cn4cc(-c5cn(C)cn5)cnc4n3)c2)o1. The molecule has 0 aliphatic heterocycles. The fourth-order valence-electron chi connectivity index (χ4n) is 3.44. The van der Waals surface area contributed by atoms with Crippen LogP contribution in [0.2, 0.25) is 0 Å². The largest absolute Gasteiger partial charge is 0.436 e. The van der Waals surface area contributed by atoms with Gasteiger partial charge in [0.15, 0.2) is 5.89 Å². The smallest absolute Gasteiger partial charge is 0.293 e. The molecule has 0 aliphatic carbocycles. The zero-order valence-electron chi connectivity index (χ0n) is 17.5. The molecule has 32 heavy (non-hydrogen) atoms. The van der Waals surface area contributed by atoms with Gasteiger partial charge in [-0.05, 0) is 25.1 Å². The number of aryl methyl sites for hydroxylation is 3. The lowest BCUT2D eigenvalue weighted by Crippen LogP contribution is -2.12. The third-order valence-electron chi connectivity index (χ3n) is 4.92. The standard InChI is InChI=1S/C22H18FN7O2/c1-12-20(32-13(2)26-12)21(31)27-15-4-5-17(23)16(6-15)19-10-30-8-14(7-24-22(30)28-19)18-9-29(3)11-25-18/h4-11H,1-3H3,(H,27,31). The number of benzene rings is 1. The maximum Gasteiger partial charge on any atom is 0.293 e. The van der Waals surface area contributed by atoms with E-state index in [1.54, 1.807) is 37.0 Å². The van der Waals surface area contributed by atoms with Crippen LogP contribution in [0.1, 0.15) is 22.1 Å². The lowest BCUT2D eigenvalue weighted by atomic mass is 10.1. The molecular formula is C22H18FN7O2. The number of halogens is 1. The van der Waals surface area contributed by atoms with Crippen molar-refractivity contribution in [2.75, 3.05) is 5.32 Å². The van der Waals surface area contributed by atoms with E-state index in [0.717, 1.165) is 11.3 Å². The monoisotopic (exact) mass is 431 g/mol. The summed E-state index contributed by atoms with van der Waals surface area (Å²) < 4.78 is 23.5. The average molecular weight is 431 g/mol. The topological polar surface area (TPSA) is 103 Å². The van der Waals surface area contributed by atoms with Crippen molar-refractivity contribution in [3.63, 3.8) is 0 Å². The highest BCUT2D eigenvalue weighted by Crippen LogP contribution is 2.27. The second-order valence-electron chi connectivity index (χ2n) is 7.40. The molecule has 9 nitrogen and oxygen atoms in total. The van der Waals surface area contributed by atoms with Crippen LogP contribution in [-0.2, 0) is 7.05 Å². The number of hydrogen-bond donors (Lipinski definition) is 1. The highest BCUT2D eigenvalue weighted by atomic mass is 19.1. The van der Waals surface area contributed by atoms with Crippen molar-refractivity contribution in [3.05, 3.63) is 72.5 Å². The third-order valence-corrected chi connectivity index (χ3v) is 4.92. The van der Waals surface area contributed by atoms with E-state index in [9.17, 15) is 9.18 Å². The number of fused-ring (bicyclic) bond motifs is 1. The van der Waals surface area contributed by atoms with Gasteiger partial charge in [-0.1, -0.05) is 0 Å². The van der Waals surface area contributed by atoms with Gasteiger partial charge in [-0.15, -0.1) is 0 Å². The summed E-state index contributed by atoms with van der Waals surface area (Å²) in [6.07, 6.45) is 8.77. The van der Waals surface area contributed by atoms with Gasteiger partial charge in [-0.25, -0.2) is 24.3 Å². The Morgan fingerprint density at radius 3 is 2.66 bits per heavy atom. The first kappa shape index (κ1) is 19.6. The first-order chi connectivity index (χ1) is 15.4.